The van der Waals surface area contributed by atoms with Gasteiger partial charge in [-0.25, -0.2) is 4.98 Å². The minimum absolute atomic E-state index is 0.589. The molecule has 0 unspecified atom stereocenters. The number of benzene rings is 1. The predicted octanol–water partition coefficient (Wildman–Crippen LogP) is 5.53. The van der Waals surface area contributed by atoms with Crippen molar-refractivity contribution >= 4 is 17.6 Å². The highest BCUT2D eigenvalue weighted by Gasteiger charge is 2.23. The van der Waals surface area contributed by atoms with E-state index in [2.05, 4.69) is 46.8 Å². The van der Waals surface area contributed by atoms with E-state index in [0.717, 1.165) is 29.2 Å². The molecule has 0 saturated heterocycles. The van der Waals surface area contributed by atoms with E-state index >= 15 is 0 Å². The molecule has 1 aromatic carbocycles. The Morgan fingerprint density at radius 1 is 1.13 bits per heavy atom. The van der Waals surface area contributed by atoms with E-state index in [9.17, 15) is 0 Å². The molecule has 2 saturated carbocycles. The third kappa shape index (κ3) is 5.66. The number of nitrogens with zero attached hydrogens (tertiary/aromatic N) is 1. The number of nitrogens with one attached hydrogen (secondary N) is 3. The Morgan fingerprint density at radius 2 is 1.94 bits per heavy atom. The topological polar surface area (TPSA) is 70.0 Å². The molecule has 4 rings (SSSR count). The maximum Gasteiger partial charge on any atom is 0.126 e. The lowest BCUT2D eigenvalue weighted by atomic mass is 9.78. The Labute approximate surface area is 185 Å². The van der Waals surface area contributed by atoms with Gasteiger partial charge in [-0.1, -0.05) is 12.1 Å². The van der Waals surface area contributed by atoms with E-state index in [4.69, 9.17) is 10.1 Å². The molecule has 2 aliphatic rings. The Balaban J connectivity index is 1.29. The molecule has 5 heteroatoms. The van der Waals surface area contributed by atoms with Gasteiger partial charge in [0.1, 0.15) is 11.6 Å². The molecular formula is C26H34N4O. The van der Waals surface area contributed by atoms with Gasteiger partial charge in [-0.15, -0.1) is 0 Å². The summed E-state index contributed by atoms with van der Waals surface area (Å²) in [6, 6.07) is 11.2. The number of hydrogen-bond donors (Lipinski definition) is 3. The molecule has 5 nitrogen and oxygen atoms in total. The maximum absolute atomic E-state index is 7.74. The highest BCUT2D eigenvalue weighted by atomic mass is 16.5. The van der Waals surface area contributed by atoms with Crippen LogP contribution >= 0.6 is 0 Å². The molecule has 0 radical (unpaired) electrons. The molecular weight excluding hydrogens is 384 g/mol. The van der Waals surface area contributed by atoms with Gasteiger partial charge in [0.25, 0.3) is 0 Å². The molecule has 0 spiro atoms. The van der Waals surface area contributed by atoms with Gasteiger partial charge in [-0.2, -0.15) is 0 Å². The number of ether oxygens (including phenoxy) is 1. The first-order chi connectivity index (χ1) is 15.2. The third-order valence-electron chi connectivity index (χ3n) is 6.61. The van der Waals surface area contributed by atoms with Crippen molar-refractivity contribution in [3.63, 3.8) is 0 Å². The first-order valence-electron chi connectivity index (χ1n) is 11.5. The van der Waals surface area contributed by atoms with E-state index in [1.165, 1.54) is 55.9 Å². The van der Waals surface area contributed by atoms with Crippen molar-refractivity contribution in [3.8, 4) is 5.75 Å². The van der Waals surface area contributed by atoms with Gasteiger partial charge in [0.2, 0.25) is 0 Å². The number of allylic oxidation sites excluding steroid dienone is 1. The van der Waals surface area contributed by atoms with Crippen molar-refractivity contribution in [1.82, 2.24) is 10.3 Å². The summed E-state index contributed by atoms with van der Waals surface area (Å²) < 4.78 is 5.40. The number of methoxy groups -OCH3 is 1. The van der Waals surface area contributed by atoms with E-state index in [1.54, 1.807) is 7.11 Å². The minimum Gasteiger partial charge on any atom is -0.496 e. The molecule has 0 atom stereocenters. The average Bonchev–Trinajstić information content (AvgIpc) is 3.63. The zero-order valence-electron chi connectivity index (χ0n) is 18.7. The van der Waals surface area contributed by atoms with Crippen LogP contribution in [0.2, 0.25) is 0 Å². The molecule has 3 N–H and O–H groups in total. The first kappa shape index (κ1) is 21.4. The van der Waals surface area contributed by atoms with Crippen molar-refractivity contribution < 1.29 is 4.74 Å². The summed E-state index contributed by atoms with van der Waals surface area (Å²) in [7, 11) is 1.73. The molecule has 1 aromatic heterocycles. The highest BCUT2D eigenvalue weighted by Crippen LogP contribution is 2.37. The fraction of sp³-hybridized carbons (Fsp3) is 0.462. The highest BCUT2D eigenvalue weighted by molar-refractivity contribution is 6.08. The van der Waals surface area contributed by atoms with Gasteiger partial charge < -0.3 is 20.8 Å². The second-order valence-corrected chi connectivity index (χ2v) is 8.94. The predicted molar refractivity (Wildman–Crippen MR) is 128 cm³/mol. The fourth-order valence-corrected chi connectivity index (χ4v) is 4.48. The minimum atomic E-state index is 0.589. The van der Waals surface area contributed by atoms with Gasteiger partial charge in [-0.3, -0.25) is 0 Å². The van der Waals surface area contributed by atoms with Crippen LogP contribution in [-0.4, -0.2) is 30.9 Å². The van der Waals surface area contributed by atoms with E-state index in [1.807, 2.05) is 18.5 Å². The van der Waals surface area contributed by atoms with E-state index in [-0.39, 0.29) is 0 Å². The van der Waals surface area contributed by atoms with Crippen LogP contribution < -0.4 is 15.4 Å². The van der Waals surface area contributed by atoms with Crippen LogP contribution in [-0.2, 0) is 0 Å². The van der Waals surface area contributed by atoms with Crippen molar-refractivity contribution in [1.29, 1.82) is 5.41 Å². The number of hydrogen-bond acceptors (Lipinski definition) is 5. The van der Waals surface area contributed by atoms with Crippen LogP contribution in [0.4, 0.5) is 5.82 Å². The zero-order valence-corrected chi connectivity index (χ0v) is 18.7. The summed E-state index contributed by atoms with van der Waals surface area (Å²) >= 11 is 0. The Bertz CT molecular complexity index is 927. The van der Waals surface area contributed by atoms with Crippen LogP contribution in [0.25, 0.3) is 5.57 Å². The summed E-state index contributed by atoms with van der Waals surface area (Å²) in [6.45, 7) is 3.08. The lowest BCUT2D eigenvalue weighted by Gasteiger charge is -2.29. The second-order valence-electron chi connectivity index (χ2n) is 8.94. The molecule has 2 aromatic rings. The van der Waals surface area contributed by atoms with Crippen LogP contribution in [0.1, 0.15) is 61.1 Å². The number of aryl methyl sites for hydroxylation is 1. The third-order valence-corrected chi connectivity index (χ3v) is 6.61. The SMILES string of the molecule is COc1ccc(C2CCC(CNc3cc(/C(C=N)=C/NC4CC4)ccn3)CC2)cc1C. The fourth-order valence-electron chi connectivity index (χ4n) is 4.48. The maximum atomic E-state index is 7.74. The van der Waals surface area contributed by atoms with Crippen molar-refractivity contribution in [3.05, 3.63) is 59.4 Å². The van der Waals surface area contributed by atoms with E-state index < -0.39 is 0 Å². The molecule has 164 valence electrons. The van der Waals surface area contributed by atoms with Gasteiger partial charge >= 0.3 is 0 Å². The molecule has 0 bridgehead atoms. The summed E-state index contributed by atoms with van der Waals surface area (Å²) in [5, 5.41) is 14.7. The summed E-state index contributed by atoms with van der Waals surface area (Å²) in [4.78, 5) is 4.49. The lowest BCUT2D eigenvalue weighted by molar-refractivity contribution is 0.338. The summed E-state index contributed by atoms with van der Waals surface area (Å²) in [5.74, 6) is 3.20. The Kier molecular flexibility index (Phi) is 6.90. The van der Waals surface area contributed by atoms with Gasteiger partial charge in [0.05, 0.1) is 7.11 Å². The molecule has 2 aliphatic carbocycles. The summed E-state index contributed by atoms with van der Waals surface area (Å²) in [6.07, 6.45) is 12.6. The quantitative estimate of drug-likeness (QED) is 0.469. The number of pyridine rings is 1. The lowest BCUT2D eigenvalue weighted by Crippen LogP contribution is -2.21. The van der Waals surface area contributed by atoms with E-state index in [0.29, 0.717) is 17.9 Å². The first-order valence-corrected chi connectivity index (χ1v) is 11.5. The normalized spacial score (nSPS) is 21.4. The van der Waals surface area contributed by atoms with Crippen molar-refractivity contribution in [2.24, 2.45) is 5.92 Å². The molecule has 1 heterocycles. The van der Waals surface area contributed by atoms with Crippen LogP contribution in [0.5, 0.6) is 5.75 Å². The van der Waals surface area contributed by atoms with Gasteiger partial charge in [0.15, 0.2) is 0 Å². The number of rotatable bonds is 9. The smallest absolute Gasteiger partial charge is 0.126 e. The zero-order chi connectivity index (χ0) is 21.6. The Hall–Kier alpha value is -2.82. The molecule has 0 amide bonds. The summed E-state index contributed by atoms with van der Waals surface area (Å²) in [5.41, 5.74) is 4.59. The van der Waals surface area contributed by atoms with Crippen LogP contribution in [0.3, 0.4) is 0 Å². The molecule has 0 aliphatic heterocycles. The van der Waals surface area contributed by atoms with Gasteiger partial charge in [-0.05, 0) is 92.2 Å². The van der Waals surface area contributed by atoms with Crippen molar-refractivity contribution in [2.75, 3.05) is 19.0 Å². The van der Waals surface area contributed by atoms with Crippen LogP contribution in [0, 0.1) is 18.3 Å². The molecule has 31 heavy (non-hydrogen) atoms. The number of anilines is 1. The average molecular weight is 419 g/mol. The monoisotopic (exact) mass is 418 g/mol. The Morgan fingerprint density at radius 3 is 2.61 bits per heavy atom. The standard InChI is InChI=1S/C26H34N4O/c1-18-13-21(7-10-25(18)31-2)20-5-3-19(4-6-20)16-30-26-14-22(11-12-28-26)23(15-27)17-29-24-8-9-24/h7,10-15,17,19-20,24,27,29H,3-6,8-9,16H2,1-2H3,(H,28,30)/b23-17+,27-15?. The largest absolute Gasteiger partial charge is 0.496 e. The van der Waals surface area contributed by atoms with Crippen molar-refractivity contribution in [2.45, 2.75) is 57.4 Å². The van der Waals surface area contributed by atoms with Gasteiger partial charge in [0, 0.05) is 36.8 Å². The molecule has 2 fully saturated rings. The number of aromatic nitrogens is 1. The van der Waals surface area contributed by atoms with Crippen LogP contribution in [0.15, 0.2) is 42.7 Å². The second kappa shape index (κ2) is 9.99.